The number of halogens is 1. The molecule has 1 aromatic carbocycles. The molecule has 0 aliphatic carbocycles. The van der Waals surface area contributed by atoms with Crippen LogP contribution in [-0.2, 0) is 22.6 Å². The number of carbonyl (C=O) groups is 2. The first-order valence-electron chi connectivity index (χ1n) is 10.0. The fourth-order valence-corrected chi connectivity index (χ4v) is 4.63. The van der Waals surface area contributed by atoms with Gasteiger partial charge in [0.15, 0.2) is 0 Å². The lowest BCUT2D eigenvalue weighted by Gasteiger charge is -2.37. The van der Waals surface area contributed by atoms with Crippen LogP contribution >= 0.6 is 22.9 Å². The summed E-state index contributed by atoms with van der Waals surface area (Å²) >= 11 is 7.61. The van der Waals surface area contributed by atoms with Gasteiger partial charge in [0.25, 0.3) is 0 Å². The first-order valence-corrected chi connectivity index (χ1v) is 11.2. The molecule has 0 unspecified atom stereocenters. The highest BCUT2D eigenvalue weighted by Gasteiger charge is 2.30. The summed E-state index contributed by atoms with van der Waals surface area (Å²) < 4.78 is 0.805. The second kappa shape index (κ2) is 10.2. The number of piperazine rings is 1. The van der Waals surface area contributed by atoms with Gasteiger partial charge in [-0.25, -0.2) is 0 Å². The molecule has 1 fully saturated rings. The number of hydrogen-bond acceptors (Lipinski definition) is 4. The normalized spacial score (nSPS) is 16.1. The van der Waals surface area contributed by atoms with E-state index >= 15 is 0 Å². The van der Waals surface area contributed by atoms with Crippen molar-refractivity contribution in [2.24, 2.45) is 5.92 Å². The molecule has 2 amide bonds. The highest BCUT2D eigenvalue weighted by Crippen LogP contribution is 2.23. The molecule has 7 heteroatoms. The number of benzene rings is 1. The Kier molecular flexibility index (Phi) is 7.70. The van der Waals surface area contributed by atoms with E-state index < -0.39 is 6.04 Å². The lowest BCUT2D eigenvalue weighted by Crippen LogP contribution is -2.56. The second-order valence-electron chi connectivity index (χ2n) is 7.76. The number of thiophene rings is 1. The summed E-state index contributed by atoms with van der Waals surface area (Å²) in [6, 6.07) is 13.1. The van der Waals surface area contributed by atoms with Crippen molar-refractivity contribution in [2.75, 3.05) is 26.2 Å². The van der Waals surface area contributed by atoms with Gasteiger partial charge < -0.3 is 10.2 Å². The van der Waals surface area contributed by atoms with Gasteiger partial charge in [0, 0.05) is 37.6 Å². The van der Waals surface area contributed by atoms with E-state index in [0.717, 1.165) is 29.5 Å². The number of carbonyl (C=O) groups excluding carboxylic acids is 2. The van der Waals surface area contributed by atoms with Crippen LogP contribution < -0.4 is 5.32 Å². The van der Waals surface area contributed by atoms with Gasteiger partial charge in [-0.1, -0.05) is 55.8 Å². The van der Waals surface area contributed by atoms with Crippen LogP contribution in [0.1, 0.15) is 24.3 Å². The number of nitrogens with zero attached hydrogens (tertiary/aromatic N) is 2. The molecule has 2 heterocycles. The first-order chi connectivity index (χ1) is 13.9. The van der Waals surface area contributed by atoms with Gasteiger partial charge >= 0.3 is 0 Å². The molecule has 1 aromatic heterocycles. The zero-order valence-electron chi connectivity index (χ0n) is 16.9. The maximum atomic E-state index is 13.1. The Bertz CT molecular complexity index is 816. The number of amides is 2. The van der Waals surface area contributed by atoms with E-state index in [2.05, 4.69) is 16.3 Å². The molecule has 1 N–H and O–H groups in total. The Labute approximate surface area is 181 Å². The van der Waals surface area contributed by atoms with Crippen LogP contribution in [0.25, 0.3) is 0 Å². The van der Waals surface area contributed by atoms with Crippen LogP contribution in [0.5, 0.6) is 0 Å². The number of hydrogen-bond donors (Lipinski definition) is 1. The second-order valence-corrected chi connectivity index (χ2v) is 9.56. The van der Waals surface area contributed by atoms with Gasteiger partial charge in [-0.2, -0.15) is 0 Å². The Hall–Kier alpha value is -1.89. The van der Waals surface area contributed by atoms with Crippen LogP contribution in [0.4, 0.5) is 0 Å². The highest BCUT2D eigenvalue weighted by atomic mass is 35.5. The smallest absolute Gasteiger partial charge is 0.245 e. The van der Waals surface area contributed by atoms with E-state index in [1.165, 1.54) is 4.88 Å². The van der Waals surface area contributed by atoms with Crippen molar-refractivity contribution in [3.63, 3.8) is 0 Å². The van der Waals surface area contributed by atoms with Gasteiger partial charge in [-0.05, 0) is 23.6 Å². The van der Waals surface area contributed by atoms with E-state index in [0.29, 0.717) is 13.1 Å². The molecule has 1 aliphatic rings. The predicted molar refractivity (Wildman–Crippen MR) is 118 cm³/mol. The molecule has 156 valence electrons. The van der Waals surface area contributed by atoms with Crippen molar-refractivity contribution in [1.29, 1.82) is 0 Å². The molecule has 1 saturated heterocycles. The number of nitrogens with one attached hydrogen (secondary N) is 1. The molecule has 0 bridgehead atoms. The van der Waals surface area contributed by atoms with Crippen molar-refractivity contribution in [2.45, 2.75) is 32.9 Å². The molecule has 3 rings (SSSR count). The zero-order chi connectivity index (χ0) is 20.8. The van der Waals surface area contributed by atoms with E-state index in [1.54, 1.807) is 11.3 Å². The summed E-state index contributed by atoms with van der Waals surface area (Å²) in [6.45, 7) is 7.81. The van der Waals surface area contributed by atoms with Gasteiger partial charge in [-0.15, -0.1) is 11.3 Å². The predicted octanol–water partition coefficient (Wildman–Crippen LogP) is 3.43. The summed E-state index contributed by atoms with van der Waals surface area (Å²) in [5.74, 6) is -0.0646. The fourth-order valence-electron chi connectivity index (χ4n) is 3.50. The molecular weight excluding hydrogens is 406 g/mol. The highest BCUT2D eigenvalue weighted by molar-refractivity contribution is 7.16. The van der Waals surface area contributed by atoms with Crippen molar-refractivity contribution < 1.29 is 9.59 Å². The summed E-state index contributed by atoms with van der Waals surface area (Å²) in [5, 5.41) is 2.96. The lowest BCUT2D eigenvalue weighted by atomic mass is 10.0. The Morgan fingerprint density at radius 1 is 1.07 bits per heavy atom. The Balaban J connectivity index is 1.52. The quantitative estimate of drug-likeness (QED) is 0.727. The van der Waals surface area contributed by atoms with Crippen LogP contribution in [0.3, 0.4) is 0 Å². The van der Waals surface area contributed by atoms with E-state index in [1.807, 2.05) is 55.1 Å². The molecule has 1 aliphatic heterocycles. The Morgan fingerprint density at radius 2 is 1.76 bits per heavy atom. The van der Waals surface area contributed by atoms with Gasteiger partial charge in [-0.3, -0.25) is 14.5 Å². The minimum atomic E-state index is -0.492. The molecular formula is C22H28ClN3O2S. The number of rotatable bonds is 7. The van der Waals surface area contributed by atoms with Crippen molar-refractivity contribution in [3.05, 3.63) is 57.2 Å². The van der Waals surface area contributed by atoms with Crippen LogP contribution in [0.15, 0.2) is 42.5 Å². The van der Waals surface area contributed by atoms with Gasteiger partial charge in [0.2, 0.25) is 11.8 Å². The maximum Gasteiger partial charge on any atom is 0.245 e. The van der Waals surface area contributed by atoms with Crippen molar-refractivity contribution in [1.82, 2.24) is 15.1 Å². The third kappa shape index (κ3) is 6.29. The van der Waals surface area contributed by atoms with Gasteiger partial charge in [0.05, 0.1) is 10.8 Å². The zero-order valence-corrected chi connectivity index (χ0v) is 18.5. The molecule has 1 atom stereocenters. The van der Waals surface area contributed by atoms with E-state index in [4.69, 9.17) is 11.6 Å². The molecule has 0 radical (unpaired) electrons. The molecule has 29 heavy (non-hydrogen) atoms. The van der Waals surface area contributed by atoms with E-state index in [9.17, 15) is 9.59 Å². The summed E-state index contributed by atoms with van der Waals surface area (Å²) in [4.78, 5) is 31.0. The SMILES string of the molecule is CC(C)[C@H](NC(=O)Cc1ccccc1)C(=O)N1CCN(Cc2ccc(Cl)s2)CC1. The van der Waals surface area contributed by atoms with Gasteiger partial charge in [0.1, 0.15) is 6.04 Å². The van der Waals surface area contributed by atoms with Crippen LogP contribution in [0, 0.1) is 5.92 Å². The summed E-state index contributed by atoms with van der Waals surface area (Å²) in [6.07, 6.45) is 0.286. The van der Waals surface area contributed by atoms with Crippen LogP contribution in [-0.4, -0.2) is 53.8 Å². The average Bonchev–Trinajstić information content (AvgIpc) is 3.11. The monoisotopic (exact) mass is 433 g/mol. The third-order valence-corrected chi connectivity index (χ3v) is 6.36. The summed E-state index contributed by atoms with van der Waals surface area (Å²) in [5.41, 5.74) is 0.947. The molecule has 0 saturated carbocycles. The standard InChI is InChI=1S/C22H28ClN3O2S/c1-16(2)21(24-20(27)14-17-6-4-3-5-7-17)22(28)26-12-10-25(11-13-26)15-18-8-9-19(23)29-18/h3-9,16,21H,10-15H2,1-2H3,(H,24,27)/t21-/m0/s1. The molecule has 0 spiro atoms. The van der Waals surface area contributed by atoms with Crippen molar-refractivity contribution >= 4 is 34.8 Å². The molecule has 5 nitrogen and oxygen atoms in total. The average molecular weight is 434 g/mol. The fraction of sp³-hybridized carbons (Fsp3) is 0.455. The minimum absolute atomic E-state index is 0.0141. The first kappa shape index (κ1) is 21.8. The topological polar surface area (TPSA) is 52.7 Å². The van der Waals surface area contributed by atoms with Crippen molar-refractivity contribution in [3.8, 4) is 0 Å². The maximum absolute atomic E-state index is 13.1. The molecule has 2 aromatic rings. The Morgan fingerprint density at radius 3 is 2.34 bits per heavy atom. The van der Waals surface area contributed by atoms with Crippen LogP contribution in [0.2, 0.25) is 4.34 Å². The third-order valence-electron chi connectivity index (χ3n) is 5.15. The van der Waals surface area contributed by atoms with E-state index in [-0.39, 0.29) is 24.2 Å². The summed E-state index contributed by atoms with van der Waals surface area (Å²) in [7, 11) is 0. The lowest BCUT2D eigenvalue weighted by molar-refractivity contribution is -0.139. The minimum Gasteiger partial charge on any atom is -0.344 e. The largest absolute Gasteiger partial charge is 0.344 e.